The Bertz CT molecular complexity index is 825. The number of piperazine rings is 1. The van der Waals surface area contributed by atoms with Gasteiger partial charge in [0.1, 0.15) is 5.65 Å². The topological polar surface area (TPSA) is 53.2 Å². The minimum Gasteiger partial charge on any atom is -0.349 e. The van der Waals surface area contributed by atoms with Gasteiger partial charge in [-0.05, 0) is 12.1 Å². The molecule has 0 bridgehead atoms. The lowest BCUT2D eigenvalue weighted by atomic mass is 10.3. The number of hydrogen-bond donors (Lipinski definition) is 0. The summed E-state index contributed by atoms with van der Waals surface area (Å²) < 4.78 is 1.58. The second-order valence-corrected chi connectivity index (χ2v) is 7.74. The van der Waals surface area contributed by atoms with Crippen molar-refractivity contribution in [3.05, 3.63) is 46.5 Å². The molecule has 0 amide bonds. The molecule has 2 aliphatic rings. The Hall–Kier alpha value is -1.86. The van der Waals surface area contributed by atoms with E-state index in [-0.39, 0.29) is 5.56 Å². The number of fused-ring (bicyclic) bond motifs is 1. The van der Waals surface area contributed by atoms with Crippen molar-refractivity contribution in [1.29, 1.82) is 0 Å². The molecule has 0 aliphatic carbocycles. The molecule has 7 heteroatoms. The molecule has 1 atom stereocenters. The summed E-state index contributed by atoms with van der Waals surface area (Å²) >= 11 is 1.88. The molecular weight excluding hydrogens is 322 g/mol. The van der Waals surface area contributed by atoms with E-state index < -0.39 is 0 Å². The second kappa shape index (κ2) is 6.57. The quantitative estimate of drug-likeness (QED) is 0.823. The Kier molecular flexibility index (Phi) is 4.28. The summed E-state index contributed by atoms with van der Waals surface area (Å²) in [6.07, 6.45) is 1.76. The van der Waals surface area contributed by atoms with Crippen molar-refractivity contribution in [2.24, 2.45) is 4.99 Å². The molecule has 4 rings (SSSR count). The molecule has 0 N–H and O–H groups in total. The highest BCUT2D eigenvalue weighted by Gasteiger charge is 2.24. The molecular formula is C17H21N5OS. The van der Waals surface area contributed by atoms with Gasteiger partial charge in [-0.15, -0.1) is 0 Å². The van der Waals surface area contributed by atoms with Crippen molar-refractivity contribution < 1.29 is 0 Å². The van der Waals surface area contributed by atoms with E-state index in [0.717, 1.165) is 45.0 Å². The molecule has 1 saturated heterocycles. The Labute approximate surface area is 145 Å². The Morgan fingerprint density at radius 2 is 2.08 bits per heavy atom. The summed E-state index contributed by atoms with van der Waals surface area (Å²) in [5, 5.41) is 1.80. The first-order valence-electron chi connectivity index (χ1n) is 8.35. The first-order chi connectivity index (χ1) is 11.7. The van der Waals surface area contributed by atoms with Crippen LogP contribution in [0.3, 0.4) is 0 Å². The monoisotopic (exact) mass is 343 g/mol. The Morgan fingerprint density at radius 1 is 1.25 bits per heavy atom. The smallest absolute Gasteiger partial charge is 0.258 e. The summed E-state index contributed by atoms with van der Waals surface area (Å²) in [7, 11) is 0. The number of thioether (sulfide) groups is 1. The number of nitrogens with zero attached hydrogens (tertiary/aromatic N) is 5. The van der Waals surface area contributed by atoms with Gasteiger partial charge >= 0.3 is 0 Å². The average Bonchev–Trinajstić information content (AvgIpc) is 3.02. The fraction of sp³-hybridized carbons (Fsp3) is 0.471. The average molecular weight is 343 g/mol. The van der Waals surface area contributed by atoms with Gasteiger partial charge < -0.3 is 4.90 Å². The largest absolute Gasteiger partial charge is 0.349 e. The van der Waals surface area contributed by atoms with Crippen molar-refractivity contribution in [1.82, 2.24) is 19.2 Å². The molecule has 0 spiro atoms. The zero-order chi connectivity index (χ0) is 16.5. The third-order valence-electron chi connectivity index (χ3n) is 4.44. The van der Waals surface area contributed by atoms with Crippen LogP contribution in [0.1, 0.15) is 12.6 Å². The van der Waals surface area contributed by atoms with Crippen LogP contribution in [-0.4, -0.2) is 62.3 Å². The number of amidine groups is 1. The van der Waals surface area contributed by atoms with E-state index >= 15 is 0 Å². The molecule has 24 heavy (non-hydrogen) atoms. The molecule has 0 aromatic carbocycles. The highest BCUT2D eigenvalue weighted by molar-refractivity contribution is 8.14. The molecule has 1 fully saturated rings. The molecule has 2 aromatic heterocycles. The number of aromatic nitrogens is 2. The van der Waals surface area contributed by atoms with Gasteiger partial charge in [0.2, 0.25) is 0 Å². The molecule has 2 aromatic rings. The van der Waals surface area contributed by atoms with E-state index in [2.05, 4.69) is 26.7 Å². The van der Waals surface area contributed by atoms with Gasteiger partial charge in [-0.25, -0.2) is 4.98 Å². The van der Waals surface area contributed by atoms with E-state index in [1.54, 1.807) is 16.7 Å². The fourth-order valence-electron chi connectivity index (χ4n) is 3.15. The zero-order valence-corrected chi connectivity index (χ0v) is 14.6. The summed E-state index contributed by atoms with van der Waals surface area (Å²) in [5.74, 6) is 0. The van der Waals surface area contributed by atoms with E-state index in [1.807, 2.05) is 30.0 Å². The van der Waals surface area contributed by atoms with E-state index in [9.17, 15) is 4.79 Å². The van der Waals surface area contributed by atoms with Crippen LogP contribution >= 0.6 is 11.8 Å². The van der Waals surface area contributed by atoms with Crippen LogP contribution in [0.15, 0.2) is 40.2 Å². The van der Waals surface area contributed by atoms with Crippen LogP contribution in [0.25, 0.3) is 5.65 Å². The predicted octanol–water partition coefficient (Wildman–Crippen LogP) is 1.30. The van der Waals surface area contributed by atoms with E-state index in [4.69, 9.17) is 0 Å². The highest BCUT2D eigenvalue weighted by Crippen LogP contribution is 2.23. The number of rotatable bonds is 2. The highest BCUT2D eigenvalue weighted by atomic mass is 32.2. The molecule has 4 heterocycles. The van der Waals surface area contributed by atoms with Crippen molar-refractivity contribution >= 4 is 22.6 Å². The Morgan fingerprint density at radius 3 is 2.83 bits per heavy atom. The van der Waals surface area contributed by atoms with Crippen LogP contribution < -0.4 is 5.56 Å². The third kappa shape index (κ3) is 3.18. The van der Waals surface area contributed by atoms with Gasteiger partial charge in [-0.2, -0.15) is 0 Å². The number of aliphatic imine (C=N–C) groups is 1. The maximum Gasteiger partial charge on any atom is 0.258 e. The number of pyridine rings is 1. The maximum atomic E-state index is 12.2. The molecule has 2 aliphatic heterocycles. The zero-order valence-electron chi connectivity index (χ0n) is 13.8. The number of hydrogen-bond acceptors (Lipinski definition) is 6. The first-order valence-corrected chi connectivity index (χ1v) is 9.23. The van der Waals surface area contributed by atoms with Gasteiger partial charge in [0, 0.05) is 50.2 Å². The van der Waals surface area contributed by atoms with Gasteiger partial charge in [0.25, 0.3) is 5.56 Å². The molecule has 126 valence electrons. The third-order valence-corrected chi connectivity index (χ3v) is 5.59. The lowest BCUT2D eigenvalue weighted by Gasteiger charge is -2.35. The van der Waals surface area contributed by atoms with Gasteiger partial charge in [-0.3, -0.25) is 19.1 Å². The van der Waals surface area contributed by atoms with Gasteiger partial charge in [0.15, 0.2) is 5.17 Å². The Balaban J connectivity index is 1.41. The summed E-state index contributed by atoms with van der Waals surface area (Å²) in [4.78, 5) is 26.2. The van der Waals surface area contributed by atoms with Crippen LogP contribution in [-0.2, 0) is 6.54 Å². The lowest BCUT2D eigenvalue weighted by molar-refractivity contribution is 0.176. The van der Waals surface area contributed by atoms with Crippen LogP contribution in [0.4, 0.5) is 0 Å². The van der Waals surface area contributed by atoms with E-state index in [1.165, 1.54) is 5.17 Å². The predicted molar refractivity (Wildman–Crippen MR) is 97.7 cm³/mol. The lowest BCUT2D eigenvalue weighted by Crippen LogP contribution is -2.47. The van der Waals surface area contributed by atoms with Crippen molar-refractivity contribution in [3.8, 4) is 0 Å². The molecule has 0 radical (unpaired) electrons. The van der Waals surface area contributed by atoms with Crippen molar-refractivity contribution in [2.75, 3.05) is 32.7 Å². The van der Waals surface area contributed by atoms with Crippen molar-refractivity contribution in [3.63, 3.8) is 0 Å². The minimum absolute atomic E-state index is 0.0139. The summed E-state index contributed by atoms with van der Waals surface area (Å²) in [5.41, 5.74) is 1.55. The molecule has 0 unspecified atom stereocenters. The van der Waals surface area contributed by atoms with Crippen molar-refractivity contribution in [2.45, 2.75) is 18.7 Å². The van der Waals surface area contributed by atoms with Gasteiger partial charge in [-0.1, -0.05) is 24.8 Å². The fourth-order valence-corrected chi connectivity index (χ4v) is 4.14. The minimum atomic E-state index is -0.0139. The van der Waals surface area contributed by atoms with E-state index in [0.29, 0.717) is 10.9 Å². The molecule has 6 nitrogen and oxygen atoms in total. The summed E-state index contributed by atoms with van der Waals surface area (Å²) in [6, 6.07) is 7.28. The molecule has 0 saturated carbocycles. The van der Waals surface area contributed by atoms with Crippen LogP contribution in [0.5, 0.6) is 0 Å². The SMILES string of the molecule is C[C@@H]1CN=C(N2CCN(Cc3cc(=O)n4ccccc4n3)CC2)S1. The second-order valence-electron chi connectivity index (χ2n) is 6.33. The van der Waals surface area contributed by atoms with Crippen LogP contribution in [0.2, 0.25) is 0 Å². The first kappa shape index (κ1) is 15.7. The normalized spacial score (nSPS) is 22.1. The maximum absolute atomic E-state index is 12.2. The van der Waals surface area contributed by atoms with Gasteiger partial charge in [0.05, 0.1) is 12.2 Å². The summed E-state index contributed by atoms with van der Waals surface area (Å²) in [6.45, 7) is 7.82. The van der Waals surface area contributed by atoms with Crippen LogP contribution in [0, 0.1) is 0 Å². The standard InChI is InChI=1S/C17H21N5OS/c1-13-11-18-17(24-13)21-8-6-20(7-9-21)12-14-10-16(23)22-5-3-2-4-15(22)19-14/h2-5,10,13H,6-9,11-12H2,1H3/t13-/m1/s1.